The van der Waals surface area contributed by atoms with Crippen molar-refractivity contribution in [2.45, 2.75) is 0 Å². The normalized spacial score (nSPS) is 10.4. The second kappa shape index (κ2) is 7.40. The van der Waals surface area contributed by atoms with Crippen molar-refractivity contribution in [3.8, 4) is 0 Å². The molecule has 0 spiro atoms. The number of carbonyl (C=O) groups excluding carboxylic acids is 1. The first-order chi connectivity index (χ1) is 8.54. The maximum Gasteiger partial charge on any atom is 0.250 e. The third-order valence-electron chi connectivity index (χ3n) is 1.95. The van der Waals surface area contributed by atoms with Crippen LogP contribution in [0.2, 0.25) is 0 Å². The largest absolute Gasteiger partial charge is 0.382 e. The van der Waals surface area contributed by atoms with Crippen LogP contribution < -0.4 is 5.32 Å². The van der Waals surface area contributed by atoms with E-state index in [4.69, 9.17) is 9.47 Å². The van der Waals surface area contributed by atoms with E-state index in [1.165, 1.54) is 7.11 Å². The molecule has 7 heteroatoms. The van der Waals surface area contributed by atoms with E-state index < -0.39 is 17.5 Å². The molecule has 0 aliphatic heterocycles. The highest BCUT2D eigenvalue weighted by molar-refractivity contribution is 9.10. The zero-order valence-electron chi connectivity index (χ0n) is 9.63. The summed E-state index contributed by atoms with van der Waals surface area (Å²) < 4.78 is 36.2. The third-order valence-corrected chi connectivity index (χ3v) is 2.56. The highest BCUT2D eigenvalue weighted by Gasteiger charge is 2.11. The lowest BCUT2D eigenvalue weighted by atomic mass is 10.3. The van der Waals surface area contributed by atoms with Crippen molar-refractivity contribution in [2.24, 2.45) is 0 Å². The van der Waals surface area contributed by atoms with Gasteiger partial charge < -0.3 is 14.8 Å². The summed E-state index contributed by atoms with van der Waals surface area (Å²) in [5.74, 6) is -1.95. The molecule has 0 saturated heterocycles. The van der Waals surface area contributed by atoms with Crippen LogP contribution in [0.4, 0.5) is 14.5 Å². The standard InChI is InChI=1S/C11H12BrF2NO3/c1-17-2-3-18-6-11(16)15-10-5-8(13)7(12)4-9(10)14/h4-5H,2-3,6H2,1H3,(H,15,16). The van der Waals surface area contributed by atoms with Gasteiger partial charge in [-0.05, 0) is 22.0 Å². The lowest BCUT2D eigenvalue weighted by molar-refractivity contribution is -0.121. The molecule has 1 aromatic rings. The van der Waals surface area contributed by atoms with Crippen LogP contribution in [0.15, 0.2) is 16.6 Å². The van der Waals surface area contributed by atoms with E-state index in [-0.39, 0.29) is 23.4 Å². The Labute approximate surface area is 111 Å². The number of ether oxygens (including phenoxy) is 2. The molecule has 0 radical (unpaired) electrons. The Kier molecular flexibility index (Phi) is 6.17. The van der Waals surface area contributed by atoms with Crippen molar-refractivity contribution >= 4 is 27.5 Å². The van der Waals surface area contributed by atoms with Crippen molar-refractivity contribution < 1.29 is 23.0 Å². The van der Waals surface area contributed by atoms with E-state index in [9.17, 15) is 13.6 Å². The van der Waals surface area contributed by atoms with Crippen LogP contribution in [0.1, 0.15) is 0 Å². The van der Waals surface area contributed by atoms with E-state index >= 15 is 0 Å². The highest BCUT2D eigenvalue weighted by Crippen LogP contribution is 2.23. The average Bonchev–Trinajstić information content (AvgIpc) is 2.32. The predicted octanol–water partition coefficient (Wildman–Crippen LogP) is 2.33. The van der Waals surface area contributed by atoms with E-state index in [0.29, 0.717) is 6.61 Å². The predicted molar refractivity (Wildman–Crippen MR) is 65.4 cm³/mol. The summed E-state index contributed by atoms with van der Waals surface area (Å²) >= 11 is 2.84. The van der Waals surface area contributed by atoms with Gasteiger partial charge in [0, 0.05) is 13.2 Å². The first-order valence-corrected chi connectivity index (χ1v) is 5.85. The maximum absolute atomic E-state index is 13.4. The molecule has 1 amide bonds. The smallest absolute Gasteiger partial charge is 0.250 e. The molecule has 0 aliphatic rings. The second-order valence-electron chi connectivity index (χ2n) is 3.34. The van der Waals surface area contributed by atoms with Crippen LogP contribution in [0.5, 0.6) is 0 Å². The van der Waals surface area contributed by atoms with E-state index in [0.717, 1.165) is 12.1 Å². The van der Waals surface area contributed by atoms with E-state index in [1.807, 2.05) is 0 Å². The molecule has 0 saturated carbocycles. The number of hydrogen-bond acceptors (Lipinski definition) is 3. The molecule has 0 fully saturated rings. The average molecular weight is 324 g/mol. The first-order valence-electron chi connectivity index (χ1n) is 5.05. The first kappa shape index (κ1) is 15.0. The SMILES string of the molecule is COCCOCC(=O)Nc1cc(F)c(Br)cc1F. The molecule has 18 heavy (non-hydrogen) atoms. The topological polar surface area (TPSA) is 47.6 Å². The van der Waals surface area contributed by atoms with Gasteiger partial charge in [0.2, 0.25) is 5.91 Å². The summed E-state index contributed by atoms with van der Waals surface area (Å²) in [5.41, 5.74) is -0.226. The van der Waals surface area contributed by atoms with Gasteiger partial charge in [-0.25, -0.2) is 8.78 Å². The summed E-state index contributed by atoms with van der Waals surface area (Å²) in [7, 11) is 1.50. The van der Waals surface area contributed by atoms with Gasteiger partial charge in [0.1, 0.15) is 18.2 Å². The fraction of sp³-hybridized carbons (Fsp3) is 0.364. The molecular formula is C11H12BrF2NO3. The van der Waals surface area contributed by atoms with E-state index in [1.54, 1.807) is 0 Å². The lowest BCUT2D eigenvalue weighted by Crippen LogP contribution is -2.20. The molecule has 100 valence electrons. The zero-order chi connectivity index (χ0) is 13.5. The van der Waals surface area contributed by atoms with Gasteiger partial charge >= 0.3 is 0 Å². The van der Waals surface area contributed by atoms with Crippen molar-refractivity contribution in [3.05, 3.63) is 28.2 Å². The molecule has 0 aliphatic carbocycles. The molecule has 1 rings (SSSR count). The maximum atomic E-state index is 13.4. The summed E-state index contributed by atoms with van der Waals surface area (Å²) in [4.78, 5) is 11.3. The molecule has 0 atom stereocenters. The Bertz CT molecular complexity index is 429. The summed E-state index contributed by atoms with van der Waals surface area (Å²) in [5, 5.41) is 2.21. The van der Waals surface area contributed by atoms with Crippen molar-refractivity contribution in [1.29, 1.82) is 0 Å². The Morgan fingerprint density at radius 1 is 1.33 bits per heavy atom. The number of halogens is 3. The van der Waals surface area contributed by atoms with Gasteiger partial charge in [0.25, 0.3) is 0 Å². The van der Waals surface area contributed by atoms with Gasteiger partial charge in [-0.1, -0.05) is 0 Å². The number of hydrogen-bond donors (Lipinski definition) is 1. The number of nitrogens with one attached hydrogen (secondary N) is 1. The minimum absolute atomic E-state index is 0.00524. The van der Waals surface area contributed by atoms with Crippen molar-refractivity contribution in [1.82, 2.24) is 0 Å². The Morgan fingerprint density at radius 2 is 2.06 bits per heavy atom. The van der Waals surface area contributed by atoms with Crippen LogP contribution in [-0.2, 0) is 14.3 Å². The zero-order valence-corrected chi connectivity index (χ0v) is 11.2. The van der Waals surface area contributed by atoms with Crippen LogP contribution in [0.25, 0.3) is 0 Å². The second-order valence-corrected chi connectivity index (χ2v) is 4.19. The van der Waals surface area contributed by atoms with E-state index in [2.05, 4.69) is 21.2 Å². The number of amides is 1. The fourth-order valence-electron chi connectivity index (χ4n) is 1.11. The number of rotatable bonds is 6. The molecular weight excluding hydrogens is 312 g/mol. The summed E-state index contributed by atoms with van der Waals surface area (Å²) in [6.07, 6.45) is 0. The molecule has 0 unspecified atom stereocenters. The van der Waals surface area contributed by atoms with Crippen molar-refractivity contribution in [3.63, 3.8) is 0 Å². The van der Waals surface area contributed by atoms with Gasteiger partial charge in [-0.2, -0.15) is 0 Å². The summed E-state index contributed by atoms with van der Waals surface area (Å²) in [6.45, 7) is 0.357. The molecule has 1 N–H and O–H groups in total. The number of anilines is 1. The molecule has 1 aromatic carbocycles. The number of benzene rings is 1. The van der Waals surface area contributed by atoms with Gasteiger partial charge in [-0.15, -0.1) is 0 Å². The van der Waals surface area contributed by atoms with Crippen LogP contribution in [0, 0.1) is 11.6 Å². The fourth-order valence-corrected chi connectivity index (χ4v) is 1.43. The number of carbonyl (C=O) groups is 1. The number of methoxy groups -OCH3 is 1. The lowest BCUT2D eigenvalue weighted by Gasteiger charge is -2.08. The molecule has 0 bridgehead atoms. The Morgan fingerprint density at radius 3 is 2.72 bits per heavy atom. The quantitative estimate of drug-likeness (QED) is 0.645. The minimum atomic E-state index is -0.728. The minimum Gasteiger partial charge on any atom is -0.382 e. The van der Waals surface area contributed by atoms with Crippen LogP contribution in [0.3, 0.4) is 0 Å². The van der Waals surface area contributed by atoms with Gasteiger partial charge in [-0.3, -0.25) is 4.79 Å². The van der Waals surface area contributed by atoms with Crippen LogP contribution >= 0.6 is 15.9 Å². The third kappa shape index (κ3) is 4.67. The highest BCUT2D eigenvalue weighted by atomic mass is 79.9. The molecule has 0 heterocycles. The Balaban J connectivity index is 2.51. The Hall–Kier alpha value is -1.05. The molecule has 0 aromatic heterocycles. The van der Waals surface area contributed by atoms with Gasteiger partial charge in [0.15, 0.2) is 0 Å². The summed E-state index contributed by atoms with van der Waals surface area (Å²) in [6, 6.07) is 1.84. The molecule has 4 nitrogen and oxygen atoms in total. The van der Waals surface area contributed by atoms with Crippen molar-refractivity contribution in [2.75, 3.05) is 32.2 Å². The van der Waals surface area contributed by atoms with Gasteiger partial charge in [0.05, 0.1) is 23.4 Å². The van der Waals surface area contributed by atoms with Crippen LogP contribution in [-0.4, -0.2) is 32.8 Å². The monoisotopic (exact) mass is 323 g/mol.